The molecule has 104 valence electrons. The van der Waals surface area contributed by atoms with E-state index in [-0.39, 0.29) is 11.3 Å². The van der Waals surface area contributed by atoms with Crippen LogP contribution < -0.4 is 0 Å². The van der Waals surface area contributed by atoms with Gasteiger partial charge in [0.15, 0.2) is 0 Å². The maximum atomic E-state index is 11.2. The van der Waals surface area contributed by atoms with Crippen LogP contribution in [0.4, 0.5) is 0 Å². The van der Waals surface area contributed by atoms with Gasteiger partial charge in [-0.15, -0.1) is 0 Å². The van der Waals surface area contributed by atoms with Gasteiger partial charge in [0.05, 0.1) is 0 Å². The molecule has 0 aromatic heterocycles. The molecular formula is C17H18O3. The van der Waals surface area contributed by atoms with E-state index >= 15 is 0 Å². The Bertz CT molecular complexity index is 600. The number of aromatic hydroxyl groups is 1. The molecule has 0 heterocycles. The van der Waals surface area contributed by atoms with E-state index in [0.29, 0.717) is 12.0 Å². The molecule has 20 heavy (non-hydrogen) atoms. The van der Waals surface area contributed by atoms with Crippen molar-refractivity contribution in [2.45, 2.75) is 26.2 Å². The third-order valence-electron chi connectivity index (χ3n) is 3.46. The Hall–Kier alpha value is -2.29. The molecule has 2 aromatic rings. The van der Waals surface area contributed by atoms with Gasteiger partial charge in [0.2, 0.25) is 0 Å². The van der Waals surface area contributed by atoms with Crippen LogP contribution in [-0.2, 0) is 19.3 Å². The summed E-state index contributed by atoms with van der Waals surface area (Å²) in [4.78, 5) is 11.2. The number of carboxylic acid groups (broad SMARTS) is 1. The van der Waals surface area contributed by atoms with Crippen LogP contribution in [0.2, 0.25) is 0 Å². The van der Waals surface area contributed by atoms with Crippen LogP contribution in [0.25, 0.3) is 0 Å². The molecule has 0 aliphatic carbocycles. The molecule has 0 aliphatic heterocycles. The highest BCUT2D eigenvalue weighted by Crippen LogP contribution is 2.22. The third kappa shape index (κ3) is 3.18. The number of benzene rings is 2. The molecule has 2 rings (SSSR count). The summed E-state index contributed by atoms with van der Waals surface area (Å²) in [5.41, 5.74) is 3.13. The van der Waals surface area contributed by atoms with Gasteiger partial charge in [0.1, 0.15) is 11.3 Å². The Balaban J connectivity index is 2.14. The van der Waals surface area contributed by atoms with E-state index in [1.165, 1.54) is 17.2 Å². The van der Waals surface area contributed by atoms with E-state index in [4.69, 9.17) is 5.11 Å². The second-order valence-corrected chi connectivity index (χ2v) is 4.79. The van der Waals surface area contributed by atoms with Gasteiger partial charge in [-0.05, 0) is 42.0 Å². The van der Waals surface area contributed by atoms with Crippen LogP contribution in [0.5, 0.6) is 5.75 Å². The minimum atomic E-state index is -1.08. The zero-order valence-electron chi connectivity index (χ0n) is 11.5. The topological polar surface area (TPSA) is 57.5 Å². The summed E-state index contributed by atoms with van der Waals surface area (Å²) in [6, 6.07) is 13.2. The van der Waals surface area contributed by atoms with Gasteiger partial charge in [-0.2, -0.15) is 0 Å². The zero-order chi connectivity index (χ0) is 14.5. The van der Waals surface area contributed by atoms with Crippen LogP contribution >= 0.6 is 0 Å². The summed E-state index contributed by atoms with van der Waals surface area (Å²) in [7, 11) is 0. The lowest BCUT2D eigenvalue weighted by Crippen LogP contribution is -2.04. The molecule has 0 radical (unpaired) electrons. The minimum absolute atomic E-state index is 0.0117. The number of aryl methyl sites for hydroxylation is 3. The second-order valence-electron chi connectivity index (χ2n) is 4.79. The molecule has 0 fully saturated rings. The van der Waals surface area contributed by atoms with Crippen molar-refractivity contribution in [3.8, 4) is 5.75 Å². The number of aromatic carboxylic acids is 1. The van der Waals surface area contributed by atoms with Gasteiger partial charge in [-0.25, -0.2) is 4.79 Å². The van der Waals surface area contributed by atoms with Crippen molar-refractivity contribution in [3.63, 3.8) is 0 Å². The van der Waals surface area contributed by atoms with Crippen molar-refractivity contribution in [2.24, 2.45) is 0 Å². The molecule has 0 aliphatic rings. The summed E-state index contributed by atoms with van der Waals surface area (Å²) in [5, 5.41) is 18.8. The normalized spacial score (nSPS) is 10.4. The average molecular weight is 270 g/mol. The van der Waals surface area contributed by atoms with Gasteiger partial charge < -0.3 is 10.2 Å². The van der Waals surface area contributed by atoms with E-state index in [0.717, 1.165) is 12.8 Å². The van der Waals surface area contributed by atoms with Gasteiger partial charge in [0, 0.05) is 0 Å². The Morgan fingerprint density at radius 3 is 2.25 bits per heavy atom. The average Bonchev–Trinajstić information content (AvgIpc) is 2.45. The van der Waals surface area contributed by atoms with Crippen LogP contribution in [0.15, 0.2) is 42.5 Å². The van der Waals surface area contributed by atoms with E-state index < -0.39 is 5.97 Å². The first-order chi connectivity index (χ1) is 9.61. The third-order valence-corrected chi connectivity index (χ3v) is 3.46. The summed E-state index contributed by atoms with van der Waals surface area (Å²) in [5.74, 6) is -1.25. The minimum Gasteiger partial charge on any atom is -0.507 e. The molecule has 0 spiro atoms. The molecule has 0 atom stereocenters. The molecule has 0 bridgehead atoms. The van der Waals surface area contributed by atoms with Crippen LogP contribution in [0, 0.1) is 0 Å². The fourth-order valence-corrected chi connectivity index (χ4v) is 2.26. The lowest BCUT2D eigenvalue weighted by atomic mass is 9.98. The van der Waals surface area contributed by atoms with Crippen molar-refractivity contribution in [3.05, 3.63) is 64.7 Å². The van der Waals surface area contributed by atoms with E-state index in [1.54, 1.807) is 12.1 Å². The highest BCUT2D eigenvalue weighted by atomic mass is 16.4. The fraction of sp³-hybridized carbons (Fsp3) is 0.235. The Labute approximate surface area is 118 Å². The van der Waals surface area contributed by atoms with Crippen LogP contribution in [0.1, 0.15) is 34.0 Å². The molecule has 0 amide bonds. The highest BCUT2D eigenvalue weighted by molar-refractivity contribution is 5.92. The number of hydrogen-bond donors (Lipinski definition) is 2. The SMILES string of the molecule is CCc1ccc(CCc2cccc(O)c2C(=O)O)cc1. The lowest BCUT2D eigenvalue weighted by molar-refractivity contribution is 0.0692. The predicted octanol–water partition coefficient (Wildman–Crippen LogP) is 3.44. The van der Waals surface area contributed by atoms with Gasteiger partial charge in [0.25, 0.3) is 0 Å². The fourth-order valence-electron chi connectivity index (χ4n) is 2.26. The summed E-state index contributed by atoms with van der Waals surface area (Å²) >= 11 is 0. The van der Waals surface area contributed by atoms with E-state index in [2.05, 4.69) is 31.2 Å². The van der Waals surface area contributed by atoms with E-state index in [1.807, 2.05) is 0 Å². The van der Waals surface area contributed by atoms with Crippen molar-refractivity contribution >= 4 is 5.97 Å². The molecule has 0 saturated heterocycles. The zero-order valence-corrected chi connectivity index (χ0v) is 11.5. The monoisotopic (exact) mass is 270 g/mol. The molecule has 2 aromatic carbocycles. The van der Waals surface area contributed by atoms with Crippen LogP contribution in [-0.4, -0.2) is 16.2 Å². The second kappa shape index (κ2) is 6.24. The first-order valence-corrected chi connectivity index (χ1v) is 6.73. The van der Waals surface area contributed by atoms with Crippen LogP contribution in [0.3, 0.4) is 0 Å². The van der Waals surface area contributed by atoms with E-state index in [9.17, 15) is 9.90 Å². The largest absolute Gasteiger partial charge is 0.507 e. The first-order valence-electron chi connectivity index (χ1n) is 6.73. The Morgan fingerprint density at radius 1 is 1.00 bits per heavy atom. The van der Waals surface area contributed by atoms with Crippen molar-refractivity contribution in [1.29, 1.82) is 0 Å². The Morgan fingerprint density at radius 2 is 1.65 bits per heavy atom. The molecular weight excluding hydrogens is 252 g/mol. The molecule has 3 nitrogen and oxygen atoms in total. The van der Waals surface area contributed by atoms with Crippen molar-refractivity contribution in [1.82, 2.24) is 0 Å². The first kappa shape index (κ1) is 14.1. The molecule has 2 N–H and O–H groups in total. The molecule has 0 saturated carbocycles. The van der Waals surface area contributed by atoms with Gasteiger partial charge >= 0.3 is 5.97 Å². The molecule has 3 heteroatoms. The highest BCUT2D eigenvalue weighted by Gasteiger charge is 2.14. The number of phenols is 1. The van der Waals surface area contributed by atoms with Crippen molar-refractivity contribution < 1.29 is 15.0 Å². The summed E-state index contributed by atoms with van der Waals surface area (Å²) in [6.07, 6.45) is 2.37. The molecule has 0 unspecified atom stereocenters. The lowest BCUT2D eigenvalue weighted by Gasteiger charge is -2.08. The number of carbonyl (C=O) groups is 1. The number of rotatable bonds is 5. The van der Waals surface area contributed by atoms with Gasteiger partial charge in [-0.3, -0.25) is 0 Å². The Kier molecular flexibility index (Phi) is 4.41. The smallest absolute Gasteiger partial charge is 0.339 e. The summed E-state index contributed by atoms with van der Waals surface area (Å²) in [6.45, 7) is 2.11. The summed E-state index contributed by atoms with van der Waals surface area (Å²) < 4.78 is 0. The van der Waals surface area contributed by atoms with Crippen molar-refractivity contribution in [2.75, 3.05) is 0 Å². The maximum absolute atomic E-state index is 11.2. The quantitative estimate of drug-likeness (QED) is 0.875. The predicted molar refractivity (Wildman–Crippen MR) is 78.3 cm³/mol. The standard InChI is InChI=1S/C17H18O3/c1-2-12-6-8-13(9-7-12)10-11-14-4-3-5-15(18)16(14)17(19)20/h3-9,18H,2,10-11H2,1H3,(H,19,20). The number of hydrogen-bond acceptors (Lipinski definition) is 2. The van der Waals surface area contributed by atoms with Gasteiger partial charge in [-0.1, -0.05) is 43.3 Å². The maximum Gasteiger partial charge on any atom is 0.339 e. The number of carboxylic acids is 1.